The Balaban J connectivity index is 1.63. The third-order valence-corrected chi connectivity index (χ3v) is 4.62. The van der Waals surface area contributed by atoms with E-state index in [9.17, 15) is 0 Å². The summed E-state index contributed by atoms with van der Waals surface area (Å²) in [7, 11) is 0. The fraction of sp³-hybridized carbons (Fsp3) is 0.286. The maximum atomic E-state index is 4.77. The van der Waals surface area contributed by atoms with Gasteiger partial charge in [0.05, 0.1) is 17.9 Å². The highest BCUT2D eigenvalue weighted by molar-refractivity contribution is 5.64. The van der Waals surface area contributed by atoms with Gasteiger partial charge in [0.15, 0.2) is 0 Å². The van der Waals surface area contributed by atoms with Crippen molar-refractivity contribution in [3.05, 3.63) is 66.5 Å². The molecule has 1 saturated heterocycles. The van der Waals surface area contributed by atoms with Crippen molar-refractivity contribution in [3.63, 3.8) is 0 Å². The molecule has 0 amide bonds. The van der Waals surface area contributed by atoms with Crippen LogP contribution in [0, 0.1) is 0 Å². The summed E-state index contributed by atoms with van der Waals surface area (Å²) >= 11 is 0. The van der Waals surface area contributed by atoms with Crippen molar-refractivity contribution >= 4 is 11.8 Å². The van der Waals surface area contributed by atoms with Crippen LogP contribution in [0.25, 0.3) is 11.3 Å². The van der Waals surface area contributed by atoms with Crippen LogP contribution < -0.4 is 10.2 Å². The lowest BCUT2D eigenvalue weighted by Gasteiger charge is -2.28. The second-order valence-corrected chi connectivity index (χ2v) is 6.52. The molecule has 0 radical (unpaired) electrons. The molecule has 1 aromatic carbocycles. The van der Waals surface area contributed by atoms with Gasteiger partial charge in [-0.25, -0.2) is 4.98 Å². The van der Waals surface area contributed by atoms with Gasteiger partial charge in [-0.15, -0.1) is 0 Å². The molecule has 0 aliphatic carbocycles. The maximum Gasteiger partial charge on any atom is 0.225 e. The molecule has 3 aromatic rings. The summed E-state index contributed by atoms with van der Waals surface area (Å²) < 4.78 is 0. The number of pyridine rings is 1. The first kappa shape index (κ1) is 16.5. The van der Waals surface area contributed by atoms with E-state index in [0.29, 0.717) is 12.5 Å². The molecule has 1 fully saturated rings. The highest BCUT2D eigenvalue weighted by Crippen LogP contribution is 2.25. The third-order valence-electron chi connectivity index (χ3n) is 4.62. The Kier molecular flexibility index (Phi) is 5.05. The topological polar surface area (TPSA) is 53.9 Å². The maximum absolute atomic E-state index is 4.77. The van der Waals surface area contributed by atoms with Crippen LogP contribution in [0.4, 0.5) is 11.8 Å². The van der Waals surface area contributed by atoms with E-state index < -0.39 is 0 Å². The minimum Gasteiger partial charge on any atom is -0.356 e. The van der Waals surface area contributed by atoms with Gasteiger partial charge in [0, 0.05) is 30.9 Å². The Bertz CT molecular complexity index is 830. The van der Waals surface area contributed by atoms with Gasteiger partial charge >= 0.3 is 0 Å². The average molecular weight is 345 g/mol. The number of benzene rings is 1. The van der Waals surface area contributed by atoms with Crippen LogP contribution in [-0.2, 0) is 6.54 Å². The molecule has 5 heteroatoms. The van der Waals surface area contributed by atoms with Gasteiger partial charge in [-0.1, -0.05) is 36.4 Å². The van der Waals surface area contributed by atoms with Crippen molar-refractivity contribution in [2.75, 3.05) is 23.3 Å². The molecule has 0 spiro atoms. The average Bonchev–Trinajstić information content (AvgIpc) is 2.74. The van der Waals surface area contributed by atoms with Crippen LogP contribution in [0.3, 0.4) is 0 Å². The van der Waals surface area contributed by atoms with Crippen molar-refractivity contribution in [1.82, 2.24) is 15.0 Å². The lowest BCUT2D eigenvalue weighted by atomic mass is 10.1. The monoisotopic (exact) mass is 345 g/mol. The van der Waals surface area contributed by atoms with Crippen molar-refractivity contribution in [1.29, 1.82) is 0 Å². The lowest BCUT2D eigenvalue weighted by molar-refractivity contribution is 0.573. The summed E-state index contributed by atoms with van der Waals surface area (Å²) in [6, 6.07) is 18.3. The number of hydrogen-bond acceptors (Lipinski definition) is 5. The molecule has 3 heterocycles. The molecule has 0 atom stereocenters. The molecule has 132 valence electrons. The minimum absolute atomic E-state index is 0.610. The van der Waals surface area contributed by atoms with Crippen molar-refractivity contribution in [3.8, 4) is 11.3 Å². The minimum atomic E-state index is 0.610. The fourth-order valence-corrected chi connectivity index (χ4v) is 3.23. The van der Waals surface area contributed by atoms with E-state index in [0.717, 1.165) is 35.9 Å². The van der Waals surface area contributed by atoms with Crippen molar-refractivity contribution < 1.29 is 0 Å². The summed E-state index contributed by atoms with van der Waals surface area (Å²) in [4.78, 5) is 16.2. The van der Waals surface area contributed by atoms with E-state index in [2.05, 4.69) is 33.4 Å². The highest BCUT2D eigenvalue weighted by Gasteiger charge is 2.15. The summed E-state index contributed by atoms with van der Waals surface area (Å²) in [5, 5.41) is 3.34. The van der Waals surface area contributed by atoms with Crippen LogP contribution in [0.5, 0.6) is 0 Å². The van der Waals surface area contributed by atoms with Crippen LogP contribution in [-0.4, -0.2) is 28.0 Å². The Morgan fingerprint density at radius 2 is 1.69 bits per heavy atom. The standard InChI is InChI=1S/C21H23N5/c1-3-9-17(10-4-1)19-15-20(26-13-7-2-8-14-26)25-21(24-19)23-16-18-11-5-6-12-22-18/h1,3-6,9-12,15H,2,7-8,13-14,16H2,(H,23,24,25). The quantitative estimate of drug-likeness (QED) is 0.753. The number of piperidine rings is 1. The number of rotatable bonds is 5. The zero-order chi connectivity index (χ0) is 17.6. The van der Waals surface area contributed by atoms with E-state index in [1.807, 2.05) is 36.4 Å². The van der Waals surface area contributed by atoms with Gasteiger partial charge in [-0.3, -0.25) is 4.98 Å². The van der Waals surface area contributed by atoms with Gasteiger partial charge in [0.25, 0.3) is 0 Å². The molecule has 2 aromatic heterocycles. The number of anilines is 2. The zero-order valence-electron chi connectivity index (χ0n) is 14.8. The second kappa shape index (κ2) is 7.95. The summed E-state index contributed by atoms with van der Waals surface area (Å²) in [6.07, 6.45) is 5.55. The van der Waals surface area contributed by atoms with Gasteiger partial charge in [0.2, 0.25) is 5.95 Å². The number of nitrogens with zero attached hydrogens (tertiary/aromatic N) is 4. The largest absolute Gasteiger partial charge is 0.356 e. The van der Waals surface area contributed by atoms with E-state index in [1.54, 1.807) is 6.20 Å². The number of hydrogen-bond donors (Lipinski definition) is 1. The molecule has 0 saturated carbocycles. The molecule has 26 heavy (non-hydrogen) atoms. The molecule has 1 N–H and O–H groups in total. The molecule has 1 aliphatic heterocycles. The first-order valence-electron chi connectivity index (χ1n) is 9.22. The van der Waals surface area contributed by atoms with Crippen LogP contribution >= 0.6 is 0 Å². The number of aromatic nitrogens is 3. The fourth-order valence-electron chi connectivity index (χ4n) is 3.23. The second-order valence-electron chi connectivity index (χ2n) is 6.52. The predicted molar refractivity (Wildman–Crippen MR) is 105 cm³/mol. The first-order valence-corrected chi connectivity index (χ1v) is 9.22. The smallest absolute Gasteiger partial charge is 0.225 e. The van der Waals surface area contributed by atoms with Gasteiger partial charge in [0.1, 0.15) is 5.82 Å². The van der Waals surface area contributed by atoms with Gasteiger partial charge in [-0.2, -0.15) is 4.98 Å². The summed E-state index contributed by atoms with van der Waals surface area (Å²) in [6.45, 7) is 2.73. The van der Waals surface area contributed by atoms with E-state index in [-0.39, 0.29) is 0 Å². The summed E-state index contributed by atoms with van der Waals surface area (Å²) in [5.41, 5.74) is 3.03. The molecule has 5 nitrogen and oxygen atoms in total. The molecule has 4 rings (SSSR count). The van der Waals surface area contributed by atoms with E-state index in [1.165, 1.54) is 19.3 Å². The Morgan fingerprint density at radius 1 is 0.885 bits per heavy atom. The Morgan fingerprint density at radius 3 is 2.46 bits per heavy atom. The first-order chi connectivity index (χ1) is 12.9. The van der Waals surface area contributed by atoms with Gasteiger partial charge in [-0.05, 0) is 31.4 Å². The van der Waals surface area contributed by atoms with Crippen LogP contribution in [0.2, 0.25) is 0 Å². The molecular weight excluding hydrogens is 322 g/mol. The predicted octanol–water partition coefficient (Wildman–Crippen LogP) is 4.14. The normalized spacial score (nSPS) is 14.2. The number of nitrogens with one attached hydrogen (secondary N) is 1. The third kappa shape index (κ3) is 3.99. The molecule has 0 unspecified atom stereocenters. The zero-order valence-corrected chi connectivity index (χ0v) is 14.8. The van der Waals surface area contributed by atoms with Crippen molar-refractivity contribution in [2.24, 2.45) is 0 Å². The summed E-state index contributed by atoms with van der Waals surface area (Å²) in [5.74, 6) is 1.65. The van der Waals surface area contributed by atoms with Crippen LogP contribution in [0.15, 0.2) is 60.8 Å². The molecular formula is C21H23N5. The van der Waals surface area contributed by atoms with E-state index in [4.69, 9.17) is 9.97 Å². The van der Waals surface area contributed by atoms with Crippen molar-refractivity contribution in [2.45, 2.75) is 25.8 Å². The molecule has 1 aliphatic rings. The highest BCUT2D eigenvalue weighted by atomic mass is 15.2. The molecule has 0 bridgehead atoms. The van der Waals surface area contributed by atoms with E-state index >= 15 is 0 Å². The lowest BCUT2D eigenvalue weighted by Crippen LogP contribution is -2.30. The SMILES string of the molecule is c1ccc(-c2cc(N3CCCCC3)nc(NCc3ccccn3)n2)cc1. The Hall–Kier alpha value is -2.95. The van der Waals surface area contributed by atoms with Gasteiger partial charge < -0.3 is 10.2 Å². The van der Waals surface area contributed by atoms with Crippen LogP contribution in [0.1, 0.15) is 25.0 Å². The Labute approximate surface area is 154 Å².